The number of aromatic nitrogens is 3. The molecule has 1 aliphatic rings. The Morgan fingerprint density at radius 1 is 1.00 bits per heavy atom. The van der Waals surface area contributed by atoms with Crippen LogP contribution in [0.3, 0.4) is 0 Å². The molecule has 1 aromatic heterocycles. The van der Waals surface area contributed by atoms with E-state index < -0.39 is 0 Å². The fourth-order valence-corrected chi connectivity index (χ4v) is 3.29. The third kappa shape index (κ3) is 2.38. The third-order valence-corrected chi connectivity index (χ3v) is 4.49. The molecule has 0 bridgehead atoms. The number of benzene rings is 2. The first-order valence-electron chi connectivity index (χ1n) is 7.92. The Labute approximate surface area is 134 Å². The van der Waals surface area contributed by atoms with E-state index in [1.54, 1.807) is 4.80 Å². The van der Waals surface area contributed by atoms with E-state index in [2.05, 4.69) is 29.3 Å². The Balaban J connectivity index is 1.71. The molecule has 0 aliphatic carbocycles. The van der Waals surface area contributed by atoms with Gasteiger partial charge in [-0.3, -0.25) is 4.79 Å². The maximum atomic E-state index is 12.4. The summed E-state index contributed by atoms with van der Waals surface area (Å²) in [7, 11) is 0. The van der Waals surface area contributed by atoms with Crippen molar-refractivity contribution < 1.29 is 4.79 Å². The first-order valence-corrected chi connectivity index (χ1v) is 7.92. The molecular formula is C18H18N4O. The van der Waals surface area contributed by atoms with Crippen molar-refractivity contribution in [3.8, 4) is 0 Å². The van der Waals surface area contributed by atoms with Gasteiger partial charge in [-0.15, -0.1) is 0 Å². The Bertz CT molecular complexity index is 809. The minimum atomic E-state index is -0.120. The molecule has 1 fully saturated rings. The van der Waals surface area contributed by atoms with E-state index >= 15 is 0 Å². The predicted molar refractivity (Wildman–Crippen MR) is 87.5 cm³/mol. The Morgan fingerprint density at radius 2 is 1.61 bits per heavy atom. The molecule has 5 nitrogen and oxygen atoms in total. The molecule has 0 radical (unpaired) electrons. The van der Waals surface area contributed by atoms with Gasteiger partial charge in [0.1, 0.15) is 17.2 Å². The first-order chi connectivity index (χ1) is 11.2. The lowest BCUT2D eigenvalue weighted by Gasteiger charge is -2.30. The summed E-state index contributed by atoms with van der Waals surface area (Å²) in [6.07, 6.45) is 1.17. The number of likely N-dealkylation sites (tertiary alicyclic amines) is 1. The number of nitrogens with zero attached hydrogens (tertiary/aromatic N) is 4. The summed E-state index contributed by atoms with van der Waals surface area (Å²) in [6.45, 7) is 2.06. The van der Waals surface area contributed by atoms with Crippen molar-refractivity contribution >= 4 is 16.9 Å². The second-order valence-corrected chi connectivity index (χ2v) is 5.92. The number of carbonyl (C=O) groups is 1. The van der Waals surface area contributed by atoms with Crippen LogP contribution in [-0.2, 0) is 4.79 Å². The van der Waals surface area contributed by atoms with E-state index in [1.807, 2.05) is 47.4 Å². The zero-order valence-electron chi connectivity index (χ0n) is 13.0. The van der Waals surface area contributed by atoms with Crippen molar-refractivity contribution in [1.29, 1.82) is 0 Å². The number of hydrogen-bond acceptors (Lipinski definition) is 3. The van der Waals surface area contributed by atoms with E-state index in [-0.39, 0.29) is 18.1 Å². The molecule has 1 aliphatic heterocycles. The summed E-state index contributed by atoms with van der Waals surface area (Å²) in [4.78, 5) is 16.1. The highest BCUT2D eigenvalue weighted by Gasteiger charge is 2.37. The van der Waals surface area contributed by atoms with Crippen molar-refractivity contribution in [2.75, 3.05) is 0 Å². The van der Waals surface area contributed by atoms with Crippen LogP contribution in [0.15, 0.2) is 54.6 Å². The smallest absolute Gasteiger partial charge is 0.224 e. The maximum absolute atomic E-state index is 12.4. The highest BCUT2D eigenvalue weighted by Crippen LogP contribution is 2.35. The van der Waals surface area contributed by atoms with Gasteiger partial charge in [0, 0.05) is 6.42 Å². The topological polar surface area (TPSA) is 51.0 Å². The number of amides is 1. The lowest BCUT2D eigenvalue weighted by Crippen LogP contribution is -2.34. The summed E-state index contributed by atoms with van der Waals surface area (Å²) in [5.74, 6) is 0.160. The molecule has 2 atom stereocenters. The fraction of sp³-hybridized carbons (Fsp3) is 0.278. The van der Waals surface area contributed by atoms with Gasteiger partial charge in [-0.1, -0.05) is 42.5 Å². The highest BCUT2D eigenvalue weighted by molar-refractivity contribution is 5.79. The Hall–Kier alpha value is -2.69. The van der Waals surface area contributed by atoms with Crippen LogP contribution in [0, 0.1) is 0 Å². The van der Waals surface area contributed by atoms with Gasteiger partial charge in [0.05, 0.1) is 6.04 Å². The van der Waals surface area contributed by atoms with Crippen LogP contribution in [0.1, 0.15) is 37.5 Å². The fourth-order valence-electron chi connectivity index (χ4n) is 3.29. The van der Waals surface area contributed by atoms with Gasteiger partial charge in [0.2, 0.25) is 5.91 Å². The predicted octanol–water partition coefficient (Wildman–Crippen LogP) is 3.31. The van der Waals surface area contributed by atoms with E-state index in [9.17, 15) is 4.79 Å². The molecule has 0 spiro atoms. The third-order valence-electron chi connectivity index (χ3n) is 4.49. The standard InChI is InChI=1S/C18H18N4O/c1-13(14-7-3-2-4-8-14)21-17(11-12-18(21)23)22-19-15-9-5-6-10-16(15)20-22/h2-10,13,17H,11-12H2,1H3. The molecule has 116 valence electrons. The molecule has 2 unspecified atom stereocenters. The second-order valence-electron chi connectivity index (χ2n) is 5.92. The average Bonchev–Trinajstić information content (AvgIpc) is 3.18. The van der Waals surface area contributed by atoms with Crippen LogP contribution in [0.4, 0.5) is 0 Å². The number of hydrogen-bond donors (Lipinski definition) is 0. The highest BCUT2D eigenvalue weighted by atomic mass is 16.2. The SMILES string of the molecule is CC(c1ccccc1)N1C(=O)CCC1n1nc2ccccc2n1. The van der Waals surface area contributed by atoms with Gasteiger partial charge >= 0.3 is 0 Å². The van der Waals surface area contributed by atoms with E-state index in [0.717, 1.165) is 23.0 Å². The van der Waals surface area contributed by atoms with Crippen molar-refractivity contribution in [3.63, 3.8) is 0 Å². The van der Waals surface area contributed by atoms with Gasteiger partial charge in [-0.05, 0) is 31.0 Å². The summed E-state index contributed by atoms with van der Waals surface area (Å²) in [6, 6.07) is 17.9. The van der Waals surface area contributed by atoms with E-state index in [1.165, 1.54) is 0 Å². The van der Waals surface area contributed by atoms with Crippen LogP contribution in [0.25, 0.3) is 11.0 Å². The first kappa shape index (κ1) is 13.9. The van der Waals surface area contributed by atoms with Crippen LogP contribution in [0.5, 0.6) is 0 Å². The second kappa shape index (κ2) is 5.50. The summed E-state index contributed by atoms with van der Waals surface area (Å²) in [5, 5.41) is 9.13. The molecule has 0 saturated carbocycles. The van der Waals surface area contributed by atoms with Crippen LogP contribution in [-0.4, -0.2) is 25.8 Å². The Kier molecular flexibility index (Phi) is 3.33. The summed E-state index contributed by atoms with van der Waals surface area (Å²) < 4.78 is 0. The maximum Gasteiger partial charge on any atom is 0.224 e. The van der Waals surface area contributed by atoms with Gasteiger partial charge in [0.15, 0.2) is 0 Å². The van der Waals surface area contributed by atoms with Crippen LogP contribution < -0.4 is 0 Å². The Morgan fingerprint density at radius 3 is 2.26 bits per heavy atom. The number of rotatable bonds is 3. The summed E-state index contributed by atoms with van der Waals surface area (Å²) in [5.41, 5.74) is 2.85. The molecule has 5 heteroatoms. The van der Waals surface area contributed by atoms with Crippen molar-refractivity contribution in [2.24, 2.45) is 0 Å². The lowest BCUT2D eigenvalue weighted by atomic mass is 10.1. The van der Waals surface area contributed by atoms with E-state index in [4.69, 9.17) is 0 Å². The molecule has 2 aromatic carbocycles. The molecule has 1 saturated heterocycles. The molecule has 3 aromatic rings. The van der Waals surface area contributed by atoms with E-state index in [0.29, 0.717) is 6.42 Å². The molecule has 1 amide bonds. The zero-order chi connectivity index (χ0) is 15.8. The largest absolute Gasteiger partial charge is 0.312 e. The van der Waals surface area contributed by atoms with Crippen LogP contribution >= 0.6 is 0 Å². The van der Waals surface area contributed by atoms with Gasteiger partial charge in [-0.25, -0.2) is 0 Å². The van der Waals surface area contributed by atoms with Gasteiger partial charge < -0.3 is 4.90 Å². The van der Waals surface area contributed by atoms with Gasteiger partial charge in [0.25, 0.3) is 0 Å². The molecular weight excluding hydrogens is 288 g/mol. The minimum absolute atomic E-state index is 0.00492. The van der Waals surface area contributed by atoms with Crippen molar-refractivity contribution in [2.45, 2.75) is 32.0 Å². The number of carbonyl (C=O) groups excluding carboxylic acids is 1. The molecule has 4 rings (SSSR count). The quantitative estimate of drug-likeness (QED) is 0.746. The number of fused-ring (bicyclic) bond motifs is 1. The minimum Gasteiger partial charge on any atom is -0.312 e. The van der Waals surface area contributed by atoms with Gasteiger partial charge in [-0.2, -0.15) is 15.0 Å². The van der Waals surface area contributed by atoms with Crippen LogP contribution in [0.2, 0.25) is 0 Å². The molecule has 2 heterocycles. The zero-order valence-corrected chi connectivity index (χ0v) is 13.0. The molecule has 0 N–H and O–H groups in total. The van der Waals surface area contributed by atoms with Crippen molar-refractivity contribution in [1.82, 2.24) is 19.9 Å². The average molecular weight is 306 g/mol. The summed E-state index contributed by atoms with van der Waals surface area (Å²) >= 11 is 0. The van der Waals surface area contributed by atoms with Crippen molar-refractivity contribution in [3.05, 3.63) is 60.2 Å². The normalized spacial score (nSPS) is 19.4. The monoisotopic (exact) mass is 306 g/mol. The molecule has 23 heavy (non-hydrogen) atoms. The lowest BCUT2D eigenvalue weighted by molar-refractivity contribution is -0.132.